The van der Waals surface area contributed by atoms with Crippen molar-refractivity contribution in [3.8, 4) is 0 Å². The lowest BCUT2D eigenvalue weighted by Crippen LogP contribution is -2.39. The number of hydrogen-bond acceptors (Lipinski definition) is 2. The van der Waals surface area contributed by atoms with Gasteiger partial charge in [0.15, 0.2) is 0 Å². The maximum Gasteiger partial charge on any atom is 0.0366 e. The lowest BCUT2D eigenvalue weighted by Gasteiger charge is -2.33. The molecule has 0 aromatic heterocycles. The van der Waals surface area contributed by atoms with Crippen LogP contribution in [-0.4, -0.2) is 19.6 Å². The molecule has 1 aromatic carbocycles. The standard InChI is InChI=1S/C15H26N2/c1-4-5-11-17(13-15(2,3)12-16)14-9-7-6-8-10-14/h6-10H,4-5,11-13,16H2,1-3H3. The van der Waals surface area contributed by atoms with Crippen molar-refractivity contribution < 1.29 is 0 Å². The quantitative estimate of drug-likeness (QED) is 0.784. The molecule has 0 fully saturated rings. The van der Waals surface area contributed by atoms with Gasteiger partial charge in [0, 0.05) is 18.8 Å². The Labute approximate surface area is 106 Å². The van der Waals surface area contributed by atoms with Crippen LogP contribution in [0.25, 0.3) is 0 Å². The molecule has 0 radical (unpaired) electrons. The van der Waals surface area contributed by atoms with Crippen LogP contribution >= 0.6 is 0 Å². The van der Waals surface area contributed by atoms with Crippen molar-refractivity contribution in [3.05, 3.63) is 30.3 Å². The van der Waals surface area contributed by atoms with E-state index in [9.17, 15) is 0 Å². The highest BCUT2D eigenvalue weighted by atomic mass is 15.1. The number of benzene rings is 1. The number of hydrogen-bond donors (Lipinski definition) is 1. The first kappa shape index (κ1) is 14.0. The zero-order valence-corrected chi connectivity index (χ0v) is 11.4. The molecule has 0 saturated heterocycles. The second-order valence-corrected chi connectivity index (χ2v) is 5.48. The van der Waals surface area contributed by atoms with Gasteiger partial charge in [0.1, 0.15) is 0 Å². The average molecular weight is 234 g/mol. The van der Waals surface area contributed by atoms with E-state index in [1.54, 1.807) is 0 Å². The molecule has 2 N–H and O–H groups in total. The van der Waals surface area contributed by atoms with Crippen LogP contribution in [0.5, 0.6) is 0 Å². The van der Waals surface area contributed by atoms with E-state index >= 15 is 0 Å². The first-order chi connectivity index (χ1) is 8.09. The Morgan fingerprint density at radius 2 is 1.82 bits per heavy atom. The Balaban J connectivity index is 2.74. The first-order valence-electron chi connectivity index (χ1n) is 6.59. The van der Waals surface area contributed by atoms with E-state index in [2.05, 4.69) is 56.0 Å². The molecule has 17 heavy (non-hydrogen) atoms. The predicted molar refractivity (Wildman–Crippen MR) is 76.4 cm³/mol. The molecule has 0 spiro atoms. The summed E-state index contributed by atoms with van der Waals surface area (Å²) < 4.78 is 0. The largest absolute Gasteiger partial charge is 0.371 e. The Hall–Kier alpha value is -1.02. The molecular weight excluding hydrogens is 208 g/mol. The van der Waals surface area contributed by atoms with Gasteiger partial charge in [-0.25, -0.2) is 0 Å². The summed E-state index contributed by atoms with van der Waals surface area (Å²) in [6.07, 6.45) is 2.46. The highest BCUT2D eigenvalue weighted by molar-refractivity contribution is 5.46. The van der Waals surface area contributed by atoms with Gasteiger partial charge in [-0.15, -0.1) is 0 Å². The zero-order chi connectivity index (χ0) is 12.7. The summed E-state index contributed by atoms with van der Waals surface area (Å²) in [5.41, 5.74) is 7.31. The monoisotopic (exact) mass is 234 g/mol. The molecule has 0 unspecified atom stereocenters. The summed E-state index contributed by atoms with van der Waals surface area (Å²) >= 11 is 0. The third-order valence-corrected chi connectivity index (χ3v) is 3.07. The highest BCUT2D eigenvalue weighted by Crippen LogP contribution is 2.21. The van der Waals surface area contributed by atoms with Crippen molar-refractivity contribution in [1.29, 1.82) is 0 Å². The van der Waals surface area contributed by atoms with Crippen LogP contribution < -0.4 is 10.6 Å². The third-order valence-electron chi connectivity index (χ3n) is 3.07. The lowest BCUT2D eigenvalue weighted by molar-refractivity contribution is 0.376. The number of para-hydroxylation sites is 1. The normalized spacial score (nSPS) is 11.5. The molecule has 2 nitrogen and oxygen atoms in total. The molecule has 0 amide bonds. The van der Waals surface area contributed by atoms with Gasteiger partial charge in [0.2, 0.25) is 0 Å². The molecule has 0 atom stereocenters. The fourth-order valence-corrected chi connectivity index (χ4v) is 1.87. The minimum atomic E-state index is 0.170. The Bertz CT molecular complexity index is 306. The van der Waals surface area contributed by atoms with Crippen LogP contribution in [0, 0.1) is 5.41 Å². The van der Waals surface area contributed by atoms with Gasteiger partial charge in [0.05, 0.1) is 0 Å². The summed E-state index contributed by atoms with van der Waals surface area (Å²) in [5, 5.41) is 0. The number of anilines is 1. The van der Waals surface area contributed by atoms with Gasteiger partial charge in [0.25, 0.3) is 0 Å². The highest BCUT2D eigenvalue weighted by Gasteiger charge is 2.20. The molecule has 0 bridgehead atoms. The summed E-state index contributed by atoms with van der Waals surface area (Å²) in [5.74, 6) is 0. The molecule has 1 rings (SSSR count). The second kappa shape index (κ2) is 6.65. The molecule has 2 heteroatoms. The van der Waals surface area contributed by atoms with E-state index in [1.807, 2.05) is 0 Å². The second-order valence-electron chi connectivity index (χ2n) is 5.48. The number of nitrogens with two attached hydrogens (primary N) is 1. The van der Waals surface area contributed by atoms with Gasteiger partial charge >= 0.3 is 0 Å². The van der Waals surface area contributed by atoms with Crippen LogP contribution in [0.4, 0.5) is 5.69 Å². The van der Waals surface area contributed by atoms with E-state index in [-0.39, 0.29) is 5.41 Å². The van der Waals surface area contributed by atoms with Crippen LogP contribution in [0.15, 0.2) is 30.3 Å². The summed E-state index contributed by atoms with van der Waals surface area (Å²) in [6, 6.07) is 10.6. The van der Waals surface area contributed by atoms with E-state index in [0.717, 1.165) is 19.6 Å². The molecule has 0 aliphatic rings. The Morgan fingerprint density at radius 1 is 1.18 bits per heavy atom. The van der Waals surface area contributed by atoms with Gasteiger partial charge in [-0.3, -0.25) is 0 Å². The summed E-state index contributed by atoms with van der Waals surface area (Å²) in [4.78, 5) is 2.45. The zero-order valence-electron chi connectivity index (χ0n) is 11.4. The number of unbranched alkanes of at least 4 members (excludes halogenated alkanes) is 1. The van der Waals surface area contributed by atoms with Crippen LogP contribution in [0.3, 0.4) is 0 Å². The Morgan fingerprint density at radius 3 is 2.35 bits per heavy atom. The SMILES string of the molecule is CCCCN(CC(C)(C)CN)c1ccccc1. The van der Waals surface area contributed by atoms with Crippen molar-refractivity contribution >= 4 is 5.69 Å². The van der Waals surface area contributed by atoms with Crippen LogP contribution in [0.1, 0.15) is 33.6 Å². The van der Waals surface area contributed by atoms with Crippen molar-refractivity contribution in [3.63, 3.8) is 0 Å². The van der Waals surface area contributed by atoms with E-state index in [1.165, 1.54) is 18.5 Å². The fraction of sp³-hybridized carbons (Fsp3) is 0.600. The van der Waals surface area contributed by atoms with E-state index in [0.29, 0.717) is 0 Å². The van der Waals surface area contributed by atoms with Crippen LogP contribution in [0.2, 0.25) is 0 Å². The predicted octanol–water partition coefficient (Wildman–Crippen LogP) is 3.28. The smallest absolute Gasteiger partial charge is 0.0366 e. The van der Waals surface area contributed by atoms with Gasteiger partial charge < -0.3 is 10.6 Å². The van der Waals surface area contributed by atoms with Gasteiger partial charge in [-0.1, -0.05) is 45.4 Å². The fourth-order valence-electron chi connectivity index (χ4n) is 1.87. The first-order valence-corrected chi connectivity index (χ1v) is 6.59. The topological polar surface area (TPSA) is 29.3 Å². The molecular formula is C15H26N2. The molecule has 0 saturated carbocycles. The maximum atomic E-state index is 5.83. The minimum absolute atomic E-state index is 0.170. The van der Waals surface area contributed by atoms with Gasteiger partial charge in [-0.2, -0.15) is 0 Å². The molecule has 0 heterocycles. The van der Waals surface area contributed by atoms with Crippen molar-refractivity contribution in [2.45, 2.75) is 33.6 Å². The van der Waals surface area contributed by atoms with E-state index in [4.69, 9.17) is 5.73 Å². The molecule has 1 aromatic rings. The van der Waals surface area contributed by atoms with Crippen molar-refractivity contribution in [2.75, 3.05) is 24.5 Å². The minimum Gasteiger partial charge on any atom is -0.371 e. The van der Waals surface area contributed by atoms with E-state index < -0.39 is 0 Å². The van der Waals surface area contributed by atoms with Crippen molar-refractivity contribution in [2.24, 2.45) is 11.1 Å². The average Bonchev–Trinajstić information content (AvgIpc) is 2.35. The third kappa shape index (κ3) is 4.78. The van der Waals surface area contributed by atoms with Crippen molar-refractivity contribution in [1.82, 2.24) is 0 Å². The number of nitrogens with zero attached hydrogens (tertiary/aromatic N) is 1. The summed E-state index contributed by atoms with van der Waals surface area (Å²) in [6.45, 7) is 9.56. The maximum absolute atomic E-state index is 5.83. The van der Waals surface area contributed by atoms with Gasteiger partial charge in [-0.05, 0) is 30.5 Å². The van der Waals surface area contributed by atoms with Crippen LogP contribution in [-0.2, 0) is 0 Å². The lowest BCUT2D eigenvalue weighted by atomic mass is 9.92. The Kier molecular flexibility index (Phi) is 5.49. The molecule has 96 valence electrons. The molecule has 0 aliphatic heterocycles. The summed E-state index contributed by atoms with van der Waals surface area (Å²) in [7, 11) is 0. The number of rotatable bonds is 7. The molecule has 0 aliphatic carbocycles.